The third kappa shape index (κ3) is 2.99. The van der Waals surface area contributed by atoms with Crippen LogP contribution >= 0.6 is 0 Å². The zero-order chi connectivity index (χ0) is 8.32. The molecule has 0 atom stereocenters. The first-order valence-electron chi connectivity index (χ1n) is 2.88. The van der Waals surface area contributed by atoms with E-state index in [0.717, 1.165) is 6.26 Å². The average Bonchev–Trinajstić information content (AvgIpc) is 1.85. The number of rotatable bonds is 2. The second kappa shape index (κ2) is 2.87. The van der Waals surface area contributed by atoms with Crippen LogP contribution in [0.4, 0.5) is 5.82 Å². The lowest BCUT2D eigenvalue weighted by molar-refractivity contribution is 0.606. The molecule has 4 nitrogen and oxygen atoms in total. The Balaban J connectivity index is 2.82. The first-order valence-corrected chi connectivity index (χ1v) is 4.77. The van der Waals surface area contributed by atoms with Crippen LogP contribution in [-0.2, 0) is 10.0 Å². The van der Waals surface area contributed by atoms with E-state index >= 15 is 0 Å². The topological polar surface area (TPSA) is 59.1 Å². The molecule has 1 rings (SSSR count). The van der Waals surface area contributed by atoms with Gasteiger partial charge in [0.1, 0.15) is 5.82 Å². The number of hydrogen-bond acceptors (Lipinski definition) is 3. The summed E-state index contributed by atoms with van der Waals surface area (Å²) < 4.78 is 23.5. The zero-order valence-electron chi connectivity index (χ0n) is 5.90. The van der Waals surface area contributed by atoms with Crippen LogP contribution in [0.3, 0.4) is 0 Å². The molecule has 0 saturated heterocycles. The molecular weight excluding hydrogens is 164 g/mol. The predicted molar refractivity (Wildman–Crippen MR) is 41.5 cm³/mol. The average molecular weight is 171 g/mol. The van der Waals surface area contributed by atoms with E-state index in [-0.39, 0.29) is 0 Å². The number of nitrogens with zero attached hydrogens (tertiary/aromatic N) is 1. The fraction of sp³-hybridized carbons (Fsp3) is 0.167. The number of sulfonamides is 1. The first kappa shape index (κ1) is 8.00. The van der Waals surface area contributed by atoms with Crippen LogP contribution < -0.4 is 4.72 Å². The minimum atomic E-state index is -3.20. The van der Waals surface area contributed by atoms with Crippen molar-refractivity contribution in [1.29, 1.82) is 0 Å². The molecule has 59 valence electrons. The van der Waals surface area contributed by atoms with Crippen LogP contribution in [0.1, 0.15) is 0 Å². The minimum Gasteiger partial charge on any atom is -0.268 e. The van der Waals surface area contributed by atoms with Crippen molar-refractivity contribution < 1.29 is 8.42 Å². The lowest BCUT2D eigenvalue weighted by Gasteiger charge is -1.99. The Hall–Kier alpha value is -1.10. The van der Waals surface area contributed by atoms with Crippen LogP contribution in [0.15, 0.2) is 18.3 Å². The standard InChI is InChI=1S/C6H7N2O2S/c1-11(9,10)8-6-4-2-3-5-7-6/h2,4-5H,1H3,(H,7,8). The smallest absolute Gasteiger partial charge is 0.230 e. The van der Waals surface area contributed by atoms with Crippen molar-refractivity contribution in [2.24, 2.45) is 0 Å². The molecule has 0 unspecified atom stereocenters. The highest BCUT2D eigenvalue weighted by Crippen LogP contribution is 2.00. The van der Waals surface area contributed by atoms with E-state index in [0.29, 0.717) is 5.82 Å². The predicted octanol–water partition coefficient (Wildman–Crippen LogP) is 0.253. The zero-order valence-corrected chi connectivity index (χ0v) is 6.72. The highest BCUT2D eigenvalue weighted by Gasteiger charge is 1.99. The maximum Gasteiger partial charge on any atom is 0.230 e. The Bertz CT molecular complexity index is 320. The van der Waals surface area contributed by atoms with Crippen molar-refractivity contribution in [3.05, 3.63) is 24.4 Å². The van der Waals surface area contributed by atoms with Crippen molar-refractivity contribution in [1.82, 2.24) is 4.98 Å². The maximum atomic E-state index is 10.6. The fourth-order valence-electron chi connectivity index (χ4n) is 0.570. The van der Waals surface area contributed by atoms with Crippen molar-refractivity contribution in [3.8, 4) is 0 Å². The molecule has 0 bridgehead atoms. The summed E-state index contributed by atoms with van der Waals surface area (Å²) in [4.78, 5) is 3.72. The second-order valence-electron chi connectivity index (χ2n) is 2.02. The van der Waals surface area contributed by atoms with Gasteiger partial charge < -0.3 is 0 Å². The SMILES string of the molecule is CS(=O)(=O)Nc1cc[c]cn1. The van der Waals surface area contributed by atoms with E-state index < -0.39 is 10.0 Å². The molecular formula is C6H7N2O2S. The quantitative estimate of drug-likeness (QED) is 0.694. The van der Waals surface area contributed by atoms with Gasteiger partial charge in [-0.2, -0.15) is 0 Å². The third-order valence-corrected chi connectivity index (χ3v) is 1.49. The Morgan fingerprint density at radius 1 is 1.64 bits per heavy atom. The molecule has 0 saturated carbocycles. The Labute approximate surface area is 65.3 Å². The summed E-state index contributed by atoms with van der Waals surface area (Å²) in [6, 6.07) is 5.79. The van der Waals surface area contributed by atoms with Gasteiger partial charge in [-0.1, -0.05) is 0 Å². The fourth-order valence-corrected chi connectivity index (χ4v) is 1.07. The van der Waals surface area contributed by atoms with Gasteiger partial charge in [-0.3, -0.25) is 4.72 Å². The molecule has 1 heterocycles. The molecule has 0 aliphatic rings. The molecule has 0 aliphatic carbocycles. The summed E-state index contributed by atoms with van der Waals surface area (Å²) in [7, 11) is -3.20. The number of anilines is 1. The molecule has 0 amide bonds. The van der Waals surface area contributed by atoms with E-state index in [4.69, 9.17) is 0 Å². The van der Waals surface area contributed by atoms with E-state index in [1.165, 1.54) is 12.3 Å². The molecule has 1 radical (unpaired) electrons. The van der Waals surface area contributed by atoms with E-state index in [9.17, 15) is 8.42 Å². The van der Waals surface area contributed by atoms with Gasteiger partial charge in [0.2, 0.25) is 10.0 Å². The summed E-state index contributed by atoms with van der Waals surface area (Å²) in [6.07, 6.45) is 2.47. The molecule has 0 spiro atoms. The second-order valence-corrected chi connectivity index (χ2v) is 3.77. The van der Waals surface area contributed by atoms with Gasteiger partial charge in [-0.25, -0.2) is 13.4 Å². The number of pyridine rings is 1. The van der Waals surface area contributed by atoms with Crippen LogP contribution in [0.5, 0.6) is 0 Å². The van der Waals surface area contributed by atoms with Crippen LogP contribution in [-0.4, -0.2) is 19.7 Å². The normalized spacial score (nSPS) is 11.0. The number of nitrogens with one attached hydrogen (secondary N) is 1. The van der Waals surface area contributed by atoms with Gasteiger partial charge in [0.25, 0.3) is 0 Å². The van der Waals surface area contributed by atoms with Crippen molar-refractivity contribution >= 4 is 15.8 Å². The molecule has 11 heavy (non-hydrogen) atoms. The van der Waals surface area contributed by atoms with Crippen LogP contribution in [0, 0.1) is 6.07 Å². The van der Waals surface area contributed by atoms with Crippen molar-refractivity contribution in [3.63, 3.8) is 0 Å². The summed E-state index contributed by atoms with van der Waals surface area (Å²) in [5.41, 5.74) is 0. The highest BCUT2D eigenvalue weighted by molar-refractivity contribution is 7.92. The lowest BCUT2D eigenvalue weighted by atomic mass is 10.5. The van der Waals surface area contributed by atoms with E-state index in [2.05, 4.69) is 15.8 Å². The Morgan fingerprint density at radius 3 is 2.82 bits per heavy atom. The first-order chi connectivity index (χ1) is 5.08. The van der Waals surface area contributed by atoms with Gasteiger partial charge in [0.15, 0.2) is 0 Å². The number of aromatic nitrogens is 1. The van der Waals surface area contributed by atoms with Gasteiger partial charge in [-0.15, -0.1) is 0 Å². The monoisotopic (exact) mass is 171 g/mol. The van der Waals surface area contributed by atoms with Crippen LogP contribution in [0.25, 0.3) is 0 Å². The van der Waals surface area contributed by atoms with Crippen LogP contribution in [0.2, 0.25) is 0 Å². The molecule has 0 aliphatic heterocycles. The van der Waals surface area contributed by atoms with Gasteiger partial charge in [0.05, 0.1) is 6.26 Å². The number of hydrogen-bond donors (Lipinski definition) is 1. The lowest BCUT2D eigenvalue weighted by Crippen LogP contribution is -2.10. The molecule has 1 aromatic rings. The van der Waals surface area contributed by atoms with Gasteiger partial charge in [-0.05, 0) is 12.1 Å². The molecule has 1 aromatic heterocycles. The van der Waals surface area contributed by atoms with Gasteiger partial charge in [0, 0.05) is 12.3 Å². The summed E-state index contributed by atoms with van der Waals surface area (Å²) in [5.74, 6) is 0.311. The largest absolute Gasteiger partial charge is 0.268 e. The van der Waals surface area contributed by atoms with E-state index in [1.54, 1.807) is 6.07 Å². The van der Waals surface area contributed by atoms with Gasteiger partial charge >= 0.3 is 0 Å². The molecule has 5 heteroatoms. The summed E-state index contributed by atoms with van der Waals surface area (Å²) in [5, 5.41) is 0. The van der Waals surface area contributed by atoms with Crippen molar-refractivity contribution in [2.45, 2.75) is 0 Å². The van der Waals surface area contributed by atoms with E-state index in [1.807, 2.05) is 0 Å². The molecule has 1 N–H and O–H groups in total. The van der Waals surface area contributed by atoms with Crippen molar-refractivity contribution in [2.75, 3.05) is 11.0 Å². The Kier molecular flexibility index (Phi) is 2.09. The highest BCUT2D eigenvalue weighted by atomic mass is 32.2. The molecule has 0 fully saturated rings. The Morgan fingerprint density at radius 2 is 2.36 bits per heavy atom. The molecule has 0 aromatic carbocycles. The minimum absolute atomic E-state index is 0.311. The maximum absolute atomic E-state index is 10.6. The third-order valence-electron chi connectivity index (χ3n) is 0.906. The summed E-state index contributed by atoms with van der Waals surface area (Å²) >= 11 is 0. The summed E-state index contributed by atoms with van der Waals surface area (Å²) in [6.45, 7) is 0.